The third-order valence-electron chi connectivity index (χ3n) is 2.68. The van der Waals surface area contributed by atoms with E-state index in [0.717, 1.165) is 0 Å². The number of rotatable bonds is 5. The van der Waals surface area contributed by atoms with Gasteiger partial charge in [0.15, 0.2) is 0 Å². The maximum atomic E-state index is 11.0. The minimum Gasteiger partial charge on any atom is -0.547 e. The molecule has 94 valence electrons. The molecule has 6 N–H and O–H groups in total. The standard InChI is InChI=1S/C9H16N6O2.Na/c1-2-4-8(10,9(11,12)7(16)17)6-3-5-13-15-14-6;/h3,5H,2,4,10-12H2,1H3,(H,16,17);/q;+1/p-1. The molecule has 1 unspecified atom stereocenters. The van der Waals surface area contributed by atoms with Gasteiger partial charge in [-0.15, -0.1) is 10.2 Å². The van der Waals surface area contributed by atoms with Gasteiger partial charge < -0.3 is 27.1 Å². The molecule has 8 nitrogen and oxygen atoms in total. The van der Waals surface area contributed by atoms with Gasteiger partial charge in [-0.1, -0.05) is 13.3 Å². The van der Waals surface area contributed by atoms with Crippen LogP contribution in [-0.2, 0) is 10.3 Å². The second kappa shape index (κ2) is 6.50. The van der Waals surface area contributed by atoms with Crippen molar-refractivity contribution in [1.29, 1.82) is 0 Å². The summed E-state index contributed by atoms with van der Waals surface area (Å²) in [5.41, 5.74) is 13.5. The molecule has 1 aromatic rings. The molecule has 0 saturated heterocycles. The zero-order chi connectivity index (χ0) is 13.1. The van der Waals surface area contributed by atoms with Crippen molar-refractivity contribution in [1.82, 2.24) is 15.4 Å². The molecule has 0 saturated carbocycles. The molecule has 0 aliphatic carbocycles. The number of carboxylic acid groups (broad SMARTS) is 1. The first-order chi connectivity index (χ1) is 7.86. The molecular formula is C9H15N6NaO2. The predicted molar refractivity (Wildman–Crippen MR) is 56.7 cm³/mol. The number of aromatic nitrogens is 3. The number of nitrogens with zero attached hydrogens (tertiary/aromatic N) is 3. The van der Waals surface area contributed by atoms with E-state index in [1.165, 1.54) is 12.3 Å². The van der Waals surface area contributed by atoms with Gasteiger partial charge in [0.2, 0.25) is 0 Å². The molecule has 0 fully saturated rings. The van der Waals surface area contributed by atoms with E-state index in [-0.39, 0.29) is 41.7 Å². The Labute approximate surface area is 127 Å². The second-order valence-electron chi connectivity index (χ2n) is 3.88. The van der Waals surface area contributed by atoms with Gasteiger partial charge in [0.1, 0.15) is 5.66 Å². The fraction of sp³-hybridized carbons (Fsp3) is 0.556. The largest absolute Gasteiger partial charge is 1.00 e. The summed E-state index contributed by atoms with van der Waals surface area (Å²) < 4.78 is 0. The quantitative estimate of drug-likeness (QED) is 0.350. The van der Waals surface area contributed by atoms with Gasteiger partial charge in [-0.3, -0.25) is 0 Å². The van der Waals surface area contributed by atoms with E-state index in [9.17, 15) is 9.90 Å². The maximum Gasteiger partial charge on any atom is 1.00 e. The van der Waals surface area contributed by atoms with Crippen molar-refractivity contribution >= 4 is 5.97 Å². The summed E-state index contributed by atoms with van der Waals surface area (Å²) in [5, 5.41) is 21.6. The zero-order valence-corrected chi connectivity index (χ0v) is 12.5. The summed E-state index contributed by atoms with van der Waals surface area (Å²) in [6.07, 6.45) is 2.14. The molecule has 18 heavy (non-hydrogen) atoms. The first-order valence-electron chi connectivity index (χ1n) is 5.09. The summed E-state index contributed by atoms with van der Waals surface area (Å²) in [4.78, 5) is 11.0. The summed E-state index contributed by atoms with van der Waals surface area (Å²) in [6, 6.07) is 1.43. The molecule has 9 heteroatoms. The first-order valence-corrected chi connectivity index (χ1v) is 5.09. The van der Waals surface area contributed by atoms with Crippen LogP contribution >= 0.6 is 0 Å². The van der Waals surface area contributed by atoms with Crippen LogP contribution < -0.4 is 51.9 Å². The van der Waals surface area contributed by atoms with E-state index in [1.54, 1.807) is 0 Å². The molecule has 0 spiro atoms. The van der Waals surface area contributed by atoms with Crippen LogP contribution in [0.3, 0.4) is 0 Å². The molecular weight excluding hydrogens is 247 g/mol. The zero-order valence-electron chi connectivity index (χ0n) is 10.5. The molecule has 1 aromatic heterocycles. The normalized spacial score (nSPS) is 14.4. The Morgan fingerprint density at radius 2 is 2.06 bits per heavy atom. The van der Waals surface area contributed by atoms with Crippen molar-refractivity contribution in [3.05, 3.63) is 18.0 Å². The summed E-state index contributed by atoms with van der Waals surface area (Å²) >= 11 is 0. The summed E-state index contributed by atoms with van der Waals surface area (Å²) in [7, 11) is 0. The van der Waals surface area contributed by atoms with Gasteiger partial charge in [0.05, 0.1) is 23.4 Å². The monoisotopic (exact) mass is 262 g/mol. The minimum atomic E-state index is -2.24. The van der Waals surface area contributed by atoms with Crippen LogP contribution in [0.25, 0.3) is 0 Å². The van der Waals surface area contributed by atoms with E-state index in [1.807, 2.05) is 6.92 Å². The SMILES string of the molecule is CCCC(N)(c1ccnnn1)C(N)(N)C(=O)[O-].[Na+]. The molecule has 0 radical (unpaired) electrons. The Morgan fingerprint density at radius 3 is 2.44 bits per heavy atom. The van der Waals surface area contributed by atoms with Gasteiger partial charge in [0.25, 0.3) is 0 Å². The predicted octanol–water partition coefficient (Wildman–Crippen LogP) is -5.81. The third-order valence-corrected chi connectivity index (χ3v) is 2.68. The smallest absolute Gasteiger partial charge is 0.547 e. The number of carbonyl (C=O) groups is 1. The van der Waals surface area contributed by atoms with Crippen LogP contribution in [0.2, 0.25) is 0 Å². The van der Waals surface area contributed by atoms with Crippen LogP contribution in [-0.4, -0.2) is 27.0 Å². The minimum absolute atomic E-state index is 0. The Bertz CT molecular complexity index is 401. The number of carbonyl (C=O) groups excluding carboxylic acids is 1. The van der Waals surface area contributed by atoms with E-state index in [2.05, 4.69) is 15.4 Å². The molecule has 1 heterocycles. The van der Waals surface area contributed by atoms with Crippen molar-refractivity contribution in [2.75, 3.05) is 0 Å². The molecule has 0 aliphatic heterocycles. The number of hydrogen-bond acceptors (Lipinski definition) is 8. The van der Waals surface area contributed by atoms with E-state index in [0.29, 0.717) is 6.42 Å². The van der Waals surface area contributed by atoms with Crippen LogP contribution in [0.15, 0.2) is 12.3 Å². The van der Waals surface area contributed by atoms with Gasteiger partial charge >= 0.3 is 29.6 Å². The van der Waals surface area contributed by atoms with E-state index < -0.39 is 17.2 Å². The fourth-order valence-electron chi connectivity index (χ4n) is 1.60. The Morgan fingerprint density at radius 1 is 1.44 bits per heavy atom. The van der Waals surface area contributed by atoms with Gasteiger partial charge in [-0.2, -0.15) is 0 Å². The second-order valence-corrected chi connectivity index (χ2v) is 3.88. The number of aliphatic carboxylic acids is 1. The Hall–Kier alpha value is -0.640. The number of carboxylic acids is 1. The Balaban J connectivity index is 0.00000289. The fourth-order valence-corrected chi connectivity index (χ4v) is 1.60. The molecule has 1 rings (SSSR count). The summed E-state index contributed by atoms with van der Waals surface area (Å²) in [5.74, 6) is -1.65. The van der Waals surface area contributed by atoms with Crippen molar-refractivity contribution in [3.8, 4) is 0 Å². The van der Waals surface area contributed by atoms with Crippen molar-refractivity contribution < 1.29 is 39.5 Å². The van der Waals surface area contributed by atoms with E-state index in [4.69, 9.17) is 17.2 Å². The van der Waals surface area contributed by atoms with Crippen LogP contribution in [0.4, 0.5) is 0 Å². The van der Waals surface area contributed by atoms with Crippen LogP contribution in [0, 0.1) is 0 Å². The molecule has 0 bridgehead atoms. The van der Waals surface area contributed by atoms with Gasteiger partial charge in [-0.25, -0.2) is 0 Å². The topological polar surface area (TPSA) is 157 Å². The average molecular weight is 262 g/mol. The van der Waals surface area contributed by atoms with Crippen molar-refractivity contribution in [3.63, 3.8) is 0 Å². The van der Waals surface area contributed by atoms with Crippen LogP contribution in [0.5, 0.6) is 0 Å². The first kappa shape index (κ1) is 17.4. The number of hydrogen-bond donors (Lipinski definition) is 3. The Kier molecular flexibility index (Phi) is 6.27. The molecule has 0 aliphatic rings. The molecule has 1 atom stereocenters. The van der Waals surface area contributed by atoms with Crippen LogP contribution in [0.1, 0.15) is 25.5 Å². The third kappa shape index (κ3) is 3.02. The average Bonchev–Trinajstić information content (AvgIpc) is 2.30. The summed E-state index contributed by atoms with van der Waals surface area (Å²) in [6.45, 7) is 1.82. The molecule has 0 aromatic carbocycles. The molecule has 0 amide bonds. The van der Waals surface area contributed by atoms with Crippen molar-refractivity contribution in [2.45, 2.75) is 31.0 Å². The number of nitrogens with two attached hydrogens (primary N) is 3. The van der Waals surface area contributed by atoms with Crippen molar-refractivity contribution in [2.24, 2.45) is 17.2 Å². The van der Waals surface area contributed by atoms with Gasteiger partial charge in [-0.05, 0) is 17.7 Å². The van der Waals surface area contributed by atoms with E-state index >= 15 is 0 Å². The van der Waals surface area contributed by atoms with Gasteiger partial charge in [0, 0.05) is 0 Å². The maximum absolute atomic E-state index is 11.0.